The molecule has 0 bridgehead atoms. The third-order valence-electron chi connectivity index (χ3n) is 6.09. The minimum Gasteiger partial charge on any atom is -1.00 e. The monoisotopic (exact) mass is 503 g/mol. The van der Waals surface area contributed by atoms with Gasteiger partial charge >= 0.3 is 35.5 Å². The molecule has 14 nitrogen and oxygen atoms in total. The standard InChI is InChI=1S/C18H21N7O7S.Na.H/c1-9(26)23-6-10-13-15(23)16(28)25(13)14(17(29)30)11(32-10)8-33-18-19-20-21-24(18)7-12(27)22-2-4-31-5-3-22;;/h10,13,15H,2-8H2,1H3,(H,29,30);;/q;+1;-1/t10-,13-,15+;;/m1../s1. The van der Waals surface area contributed by atoms with Crippen LogP contribution in [0.4, 0.5) is 0 Å². The van der Waals surface area contributed by atoms with Crippen molar-refractivity contribution in [3.8, 4) is 0 Å². The van der Waals surface area contributed by atoms with E-state index in [1.807, 2.05) is 0 Å². The van der Waals surface area contributed by atoms with Gasteiger partial charge in [0.15, 0.2) is 5.70 Å². The van der Waals surface area contributed by atoms with Crippen LogP contribution >= 0.6 is 11.8 Å². The molecule has 5 heterocycles. The second kappa shape index (κ2) is 9.81. The SMILES string of the molecule is CC(=O)N1C[C@H]2OC(CSc3nnnn3CC(=O)N3CCOCC3)=C(C(=O)O)N3C(=O)[C@@H]1[C@@H]23.[H-].[Na+]. The van der Waals surface area contributed by atoms with Gasteiger partial charge in [-0.15, -0.1) is 5.10 Å². The number of carboxylic acid groups (broad SMARTS) is 1. The number of β-lactam (4-membered cyclic amide) rings is 1. The Morgan fingerprint density at radius 3 is 2.68 bits per heavy atom. The van der Waals surface area contributed by atoms with E-state index < -0.39 is 30.1 Å². The molecule has 4 aliphatic heterocycles. The maximum absolute atomic E-state index is 12.7. The van der Waals surface area contributed by atoms with Gasteiger partial charge in [-0.2, -0.15) is 0 Å². The summed E-state index contributed by atoms with van der Waals surface area (Å²) < 4.78 is 12.5. The van der Waals surface area contributed by atoms with Crippen molar-refractivity contribution in [2.45, 2.75) is 36.8 Å². The van der Waals surface area contributed by atoms with Crippen LogP contribution in [0.5, 0.6) is 0 Å². The van der Waals surface area contributed by atoms with E-state index in [2.05, 4.69) is 15.5 Å². The van der Waals surface area contributed by atoms with Crippen molar-refractivity contribution in [3.05, 3.63) is 11.5 Å². The maximum atomic E-state index is 12.7. The molecule has 4 aliphatic rings. The van der Waals surface area contributed by atoms with Crippen LogP contribution in [0.25, 0.3) is 0 Å². The van der Waals surface area contributed by atoms with Crippen LogP contribution < -0.4 is 29.6 Å². The Kier molecular flexibility index (Phi) is 7.19. The van der Waals surface area contributed by atoms with Gasteiger partial charge in [0.1, 0.15) is 30.5 Å². The number of rotatable bonds is 6. The zero-order chi connectivity index (χ0) is 23.3. The first-order chi connectivity index (χ1) is 15.9. The van der Waals surface area contributed by atoms with Crippen LogP contribution in [-0.4, -0.2) is 120 Å². The first-order valence-electron chi connectivity index (χ1n) is 10.3. The zero-order valence-corrected chi connectivity index (χ0v) is 21.4. The Morgan fingerprint density at radius 2 is 2.00 bits per heavy atom. The molecule has 0 saturated carbocycles. The molecule has 1 aromatic rings. The summed E-state index contributed by atoms with van der Waals surface area (Å²) in [6.07, 6.45) is -0.505. The van der Waals surface area contributed by atoms with E-state index in [1.165, 1.54) is 21.4 Å². The molecule has 3 saturated heterocycles. The number of hydrogen-bond acceptors (Lipinski definition) is 10. The van der Waals surface area contributed by atoms with Gasteiger partial charge < -0.3 is 25.8 Å². The van der Waals surface area contributed by atoms with E-state index in [1.54, 1.807) is 4.90 Å². The fraction of sp³-hybridized carbons (Fsp3) is 0.611. The summed E-state index contributed by atoms with van der Waals surface area (Å²) in [5, 5.41) is 21.5. The molecule has 1 N–H and O–H groups in total. The Morgan fingerprint density at radius 1 is 1.26 bits per heavy atom. The first-order valence-corrected chi connectivity index (χ1v) is 11.3. The molecule has 16 heteroatoms. The molecule has 3 fully saturated rings. The second-order valence-electron chi connectivity index (χ2n) is 7.95. The molecule has 0 radical (unpaired) electrons. The molecular formula is C18H22N7NaO7S. The van der Waals surface area contributed by atoms with Crippen molar-refractivity contribution in [2.24, 2.45) is 0 Å². The number of morpholine rings is 1. The van der Waals surface area contributed by atoms with Gasteiger partial charge in [0.25, 0.3) is 5.91 Å². The molecule has 3 atom stereocenters. The average molecular weight is 503 g/mol. The Labute approximate surface area is 221 Å². The number of aliphatic carboxylic acids is 1. The number of carbonyl (C=O) groups is 4. The predicted octanol–water partition coefficient (Wildman–Crippen LogP) is -5.12. The summed E-state index contributed by atoms with van der Waals surface area (Å²) in [6, 6.07) is -1.19. The molecule has 0 unspecified atom stereocenters. The van der Waals surface area contributed by atoms with Gasteiger partial charge in [-0.1, -0.05) is 11.8 Å². The molecule has 34 heavy (non-hydrogen) atoms. The van der Waals surface area contributed by atoms with Crippen LogP contribution in [0.15, 0.2) is 16.6 Å². The number of tetrazole rings is 1. The summed E-state index contributed by atoms with van der Waals surface area (Å²) in [5.41, 5.74) is -0.237. The summed E-state index contributed by atoms with van der Waals surface area (Å²) in [6.45, 7) is 3.46. The number of carboxylic acids is 1. The molecule has 3 amide bonds. The van der Waals surface area contributed by atoms with Crippen molar-refractivity contribution >= 4 is 35.5 Å². The van der Waals surface area contributed by atoms with E-state index in [0.29, 0.717) is 31.5 Å². The van der Waals surface area contributed by atoms with Gasteiger partial charge in [-0.05, 0) is 10.4 Å². The fourth-order valence-electron chi connectivity index (χ4n) is 4.56. The molecule has 0 aromatic carbocycles. The van der Waals surface area contributed by atoms with Crippen LogP contribution in [0.1, 0.15) is 8.35 Å². The van der Waals surface area contributed by atoms with Crippen molar-refractivity contribution in [2.75, 3.05) is 38.6 Å². The largest absolute Gasteiger partial charge is 1.00 e. The van der Waals surface area contributed by atoms with Gasteiger partial charge in [-0.25, -0.2) is 9.48 Å². The number of carbonyl (C=O) groups excluding carboxylic acids is 3. The van der Waals surface area contributed by atoms with Crippen LogP contribution in [0.3, 0.4) is 0 Å². The maximum Gasteiger partial charge on any atom is 1.00 e. The normalized spacial score (nSPS) is 25.4. The third kappa shape index (κ3) is 4.19. The van der Waals surface area contributed by atoms with Crippen molar-refractivity contribution in [1.82, 2.24) is 34.9 Å². The number of ether oxygens (including phenoxy) is 2. The zero-order valence-electron chi connectivity index (χ0n) is 19.6. The number of likely N-dealkylation sites (tertiary alicyclic amines) is 1. The van der Waals surface area contributed by atoms with E-state index in [9.17, 15) is 24.3 Å². The Balaban J connectivity index is 0.00000171. The molecule has 178 valence electrons. The van der Waals surface area contributed by atoms with Crippen LogP contribution in [0, 0.1) is 0 Å². The first kappa shape index (κ1) is 24.9. The molecule has 5 rings (SSSR count). The summed E-state index contributed by atoms with van der Waals surface area (Å²) in [7, 11) is 0. The smallest absolute Gasteiger partial charge is 1.00 e. The Hall–Kier alpha value is -2.20. The van der Waals surface area contributed by atoms with Crippen LogP contribution in [-0.2, 0) is 35.2 Å². The summed E-state index contributed by atoms with van der Waals surface area (Å²) >= 11 is 1.10. The minimum atomic E-state index is -1.29. The van der Waals surface area contributed by atoms with E-state index in [4.69, 9.17) is 9.47 Å². The summed E-state index contributed by atoms with van der Waals surface area (Å²) in [4.78, 5) is 53.4. The molecule has 1 aromatic heterocycles. The number of nitrogens with zero attached hydrogens (tertiary/aromatic N) is 7. The van der Waals surface area contributed by atoms with E-state index in [-0.39, 0.29) is 73.1 Å². The van der Waals surface area contributed by atoms with Gasteiger partial charge in [0.05, 0.1) is 25.5 Å². The van der Waals surface area contributed by atoms with Crippen molar-refractivity contribution in [1.29, 1.82) is 0 Å². The minimum absolute atomic E-state index is 0. The number of thioether (sulfide) groups is 1. The molecule has 0 aliphatic carbocycles. The average Bonchev–Trinajstić information content (AvgIpc) is 3.39. The van der Waals surface area contributed by atoms with Crippen molar-refractivity contribution in [3.63, 3.8) is 0 Å². The third-order valence-corrected chi connectivity index (χ3v) is 7.05. The molecular weight excluding hydrogens is 481 g/mol. The van der Waals surface area contributed by atoms with E-state index in [0.717, 1.165) is 11.8 Å². The summed E-state index contributed by atoms with van der Waals surface area (Å²) in [5.74, 6) is -2.00. The van der Waals surface area contributed by atoms with Crippen LogP contribution in [0.2, 0.25) is 0 Å². The number of aromatic nitrogens is 4. The topological polar surface area (TPSA) is 160 Å². The fourth-order valence-corrected chi connectivity index (χ4v) is 5.36. The number of hydrogen-bond donors (Lipinski definition) is 1. The van der Waals surface area contributed by atoms with Gasteiger partial charge in [0, 0.05) is 20.0 Å². The molecule has 0 spiro atoms. The predicted molar refractivity (Wildman–Crippen MR) is 108 cm³/mol. The van der Waals surface area contributed by atoms with Gasteiger partial charge in [0.2, 0.25) is 17.0 Å². The number of amides is 3. The van der Waals surface area contributed by atoms with E-state index >= 15 is 0 Å². The van der Waals surface area contributed by atoms with Gasteiger partial charge in [-0.3, -0.25) is 19.3 Å². The Bertz CT molecular complexity index is 1070. The quantitative estimate of drug-likeness (QED) is 0.225. The second-order valence-corrected chi connectivity index (χ2v) is 8.89. The van der Waals surface area contributed by atoms with Crippen molar-refractivity contribution < 1.29 is 64.7 Å².